The summed E-state index contributed by atoms with van der Waals surface area (Å²) in [5.74, 6) is 0.569. The largest absolute Gasteiger partial charge is 0.361 e. The zero-order valence-electron chi connectivity index (χ0n) is 19.6. The van der Waals surface area contributed by atoms with E-state index < -0.39 is 0 Å². The number of anilines is 1. The van der Waals surface area contributed by atoms with Crippen LogP contribution in [0.1, 0.15) is 79.8 Å². The average molecular weight is 432 g/mol. The molecule has 2 N–H and O–H groups in total. The Hall–Kier alpha value is -2.59. The lowest BCUT2D eigenvalue weighted by molar-refractivity contribution is 0.102. The number of carbonyl (C=O) groups is 1. The van der Waals surface area contributed by atoms with Gasteiger partial charge < -0.3 is 15.2 Å². The third-order valence-corrected chi connectivity index (χ3v) is 6.89. The summed E-state index contributed by atoms with van der Waals surface area (Å²) >= 11 is 0. The molecule has 0 saturated carbocycles. The Kier molecular flexibility index (Phi) is 7.64. The van der Waals surface area contributed by atoms with Crippen molar-refractivity contribution >= 4 is 22.5 Å². The number of likely N-dealkylation sites (tertiary alicyclic amines) is 1. The first kappa shape index (κ1) is 22.6. The van der Waals surface area contributed by atoms with E-state index in [2.05, 4.69) is 53.4 Å². The Labute approximate surface area is 192 Å². The van der Waals surface area contributed by atoms with Crippen LogP contribution in [0, 0.1) is 0 Å². The van der Waals surface area contributed by atoms with Gasteiger partial charge in [-0.15, -0.1) is 0 Å². The highest BCUT2D eigenvalue weighted by Crippen LogP contribution is 2.34. The van der Waals surface area contributed by atoms with Gasteiger partial charge in [0.2, 0.25) is 0 Å². The first-order valence-electron chi connectivity index (χ1n) is 12.4. The van der Waals surface area contributed by atoms with E-state index in [1.807, 2.05) is 24.3 Å². The van der Waals surface area contributed by atoms with E-state index in [0.717, 1.165) is 41.6 Å². The number of rotatable bonds is 9. The average Bonchev–Trinajstić information content (AvgIpc) is 3.25. The summed E-state index contributed by atoms with van der Waals surface area (Å²) in [7, 11) is 0. The molecule has 1 aliphatic rings. The van der Waals surface area contributed by atoms with Crippen LogP contribution in [0.3, 0.4) is 0 Å². The summed E-state index contributed by atoms with van der Waals surface area (Å²) in [5, 5.41) is 4.40. The van der Waals surface area contributed by atoms with Crippen molar-refractivity contribution in [3.8, 4) is 0 Å². The summed E-state index contributed by atoms with van der Waals surface area (Å²) < 4.78 is 0. The number of aromatic nitrogens is 1. The van der Waals surface area contributed by atoms with Gasteiger partial charge >= 0.3 is 0 Å². The second-order valence-corrected chi connectivity index (χ2v) is 9.19. The number of benzene rings is 2. The lowest BCUT2D eigenvalue weighted by atomic mass is 9.89. The van der Waals surface area contributed by atoms with Crippen molar-refractivity contribution in [1.82, 2.24) is 9.88 Å². The molecule has 0 unspecified atom stereocenters. The van der Waals surface area contributed by atoms with Gasteiger partial charge in [-0.1, -0.05) is 44.9 Å². The third-order valence-electron chi connectivity index (χ3n) is 6.89. The van der Waals surface area contributed by atoms with Crippen LogP contribution < -0.4 is 5.32 Å². The second kappa shape index (κ2) is 10.8. The monoisotopic (exact) mass is 431 g/mol. The number of piperidine rings is 1. The standard InChI is InChI=1S/C28H37N3O/c1-3-5-9-21-10-7-8-11-24(21)28(32)30-23-12-13-27-25(19-23)26(20-29-27)22-14-17-31(18-15-22)16-6-4-2/h7-8,10-13,19-20,22,29H,3-6,9,14-18H2,1-2H3,(H,30,32). The minimum Gasteiger partial charge on any atom is -0.361 e. The molecule has 1 amide bonds. The van der Waals surface area contributed by atoms with Crippen LogP contribution in [-0.2, 0) is 6.42 Å². The Morgan fingerprint density at radius 1 is 1.06 bits per heavy atom. The lowest BCUT2D eigenvalue weighted by Crippen LogP contribution is -2.33. The molecule has 32 heavy (non-hydrogen) atoms. The molecule has 170 valence electrons. The molecule has 0 aliphatic carbocycles. The van der Waals surface area contributed by atoms with Gasteiger partial charge in [-0.2, -0.15) is 0 Å². The zero-order valence-corrected chi connectivity index (χ0v) is 19.6. The van der Waals surface area contributed by atoms with E-state index in [1.165, 1.54) is 56.3 Å². The van der Waals surface area contributed by atoms with E-state index in [9.17, 15) is 4.79 Å². The van der Waals surface area contributed by atoms with Gasteiger partial charge in [0.1, 0.15) is 0 Å². The van der Waals surface area contributed by atoms with Gasteiger partial charge in [-0.3, -0.25) is 4.79 Å². The molecule has 1 fully saturated rings. The molecule has 2 heterocycles. The van der Waals surface area contributed by atoms with E-state index in [-0.39, 0.29) is 5.91 Å². The van der Waals surface area contributed by atoms with Crippen molar-refractivity contribution in [3.05, 3.63) is 65.4 Å². The summed E-state index contributed by atoms with van der Waals surface area (Å²) in [4.78, 5) is 19.1. The predicted octanol–water partition coefficient (Wildman–Crippen LogP) is 6.74. The van der Waals surface area contributed by atoms with Crippen molar-refractivity contribution < 1.29 is 4.79 Å². The molecule has 2 aromatic carbocycles. The maximum Gasteiger partial charge on any atom is 0.255 e. The van der Waals surface area contributed by atoms with Crippen molar-refractivity contribution in [2.24, 2.45) is 0 Å². The maximum absolute atomic E-state index is 13.1. The van der Waals surface area contributed by atoms with E-state index in [1.54, 1.807) is 0 Å². The van der Waals surface area contributed by atoms with Crippen molar-refractivity contribution in [3.63, 3.8) is 0 Å². The normalized spacial score (nSPS) is 15.3. The number of fused-ring (bicyclic) bond motifs is 1. The Bertz CT molecular complexity index is 1030. The topological polar surface area (TPSA) is 48.1 Å². The van der Waals surface area contributed by atoms with Crippen molar-refractivity contribution in [1.29, 1.82) is 0 Å². The predicted molar refractivity (Wildman–Crippen MR) is 135 cm³/mol. The number of aromatic amines is 1. The number of H-pyrrole nitrogens is 1. The molecular weight excluding hydrogens is 394 g/mol. The fourth-order valence-corrected chi connectivity index (χ4v) is 4.93. The fourth-order valence-electron chi connectivity index (χ4n) is 4.93. The molecule has 0 radical (unpaired) electrons. The van der Waals surface area contributed by atoms with Gasteiger partial charge in [-0.25, -0.2) is 0 Å². The van der Waals surface area contributed by atoms with Crippen LogP contribution >= 0.6 is 0 Å². The van der Waals surface area contributed by atoms with Crippen LogP contribution in [-0.4, -0.2) is 35.4 Å². The van der Waals surface area contributed by atoms with E-state index >= 15 is 0 Å². The molecule has 4 rings (SSSR count). The summed E-state index contributed by atoms with van der Waals surface area (Å²) in [5.41, 5.74) is 5.33. The quantitative estimate of drug-likeness (QED) is 0.394. The Balaban J connectivity index is 1.48. The van der Waals surface area contributed by atoms with Gasteiger partial charge in [0.25, 0.3) is 5.91 Å². The molecule has 1 aliphatic heterocycles. The number of carbonyl (C=O) groups excluding carboxylic acids is 1. The number of hydrogen-bond donors (Lipinski definition) is 2. The van der Waals surface area contributed by atoms with E-state index in [0.29, 0.717) is 5.92 Å². The lowest BCUT2D eigenvalue weighted by Gasteiger charge is -2.31. The number of aryl methyl sites for hydroxylation is 1. The van der Waals surface area contributed by atoms with Crippen LogP contribution in [0.25, 0.3) is 10.9 Å². The van der Waals surface area contributed by atoms with Crippen molar-refractivity contribution in [2.75, 3.05) is 25.0 Å². The second-order valence-electron chi connectivity index (χ2n) is 9.19. The zero-order chi connectivity index (χ0) is 22.3. The number of amides is 1. The smallest absolute Gasteiger partial charge is 0.255 e. The Morgan fingerprint density at radius 3 is 2.62 bits per heavy atom. The first-order valence-corrected chi connectivity index (χ1v) is 12.4. The van der Waals surface area contributed by atoms with Crippen LogP contribution in [0.15, 0.2) is 48.7 Å². The Morgan fingerprint density at radius 2 is 1.84 bits per heavy atom. The van der Waals surface area contributed by atoms with Gasteiger partial charge in [0.05, 0.1) is 0 Å². The van der Waals surface area contributed by atoms with Crippen LogP contribution in [0.4, 0.5) is 5.69 Å². The molecule has 3 aromatic rings. The van der Waals surface area contributed by atoms with Crippen LogP contribution in [0.2, 0.25) is 0 Å². The molecule has 4 heteroatoms. The highest BCUT2D eigenvalue weighted by atomic mass is 16.1. The number of unbranched alkanes of at least 4 members (excludes halogenated alkanes) is 2. The van der Waals surface area contributed by atoms with Gasteiger partial charge in [-0.05, 0) is 93.0 Å². The molecule has 0 spiro atoms. The summed E-state index contributed by atoms with van der Waals surface area (Å²) in [6, 6.07) is 14.2. The molecule has 1 saturated heterocycles. The minimum absolute atomic E-state index is 0.0163. The molecule has 0 bridgehead atoms. The summed E-state index contributed by atoms with van der Waals surface area (Å²) in [6.45, 7) is 8.04. The third kappa shape index (κ3) is 5.24. The summed E-state index contributed by atoms with van der Waals surface area (Å²) in [6.07, 6.45) is 10.3. The maximum atomic E-state index is 13.1. The highest BCUT2D eigenvalue weighted by Gasteiger charge is 2.22. The van der Waals surface area contributed by atoms with Gasteiger partial charge in [0.15, 0.2) is 0 Å². The molecule has 1 aromatic heterocycles. The molecule has 0 atom stereocenters. The number of nitrogens with one attached hydrogen (secondary N) is 2. The van der Waals surface area contributed by atoms with Crippen molar-refractivity contribution in [2.45, 2.75) is 64.7 Å². The number of hydrogen-bond acceptors (Lipinski definition) is 2. The molecule has 4 nitrogen and oxygen atoms in total. The minimum atomic E-state index is -0.0163. The first-order chi connectivity index (χ1) is 15.7. The molecular formula is C28H37N3O. The fraction of sp³-hybridized carbons (Fsp3) is 0.464. The van der Waals surface area contributed by atoms with Gasteiger partial charge in [0, 0.05) is 28.4 Å². The van der Waals surface area contributed by atoms with Crippen LogP contribution in [0.5, 0.6) is 0 Å². The highest BCUT2D eigenvalue weighted by molar-refractivity contribution is 6.06. The number of nitrogens with zero attached hydrogens (tertiary/aromatic N) is 1. The SMILES string of the molecule is CCCCc1ccccc1C(=O)Nc1ccc2[nH]cc(C3CCN(CCCC)CC3)c2c1. The van der Waals surface area contributed by atoms with E-state index in [4.69, 9.17) is 0 Å².